The maximum Gasteiger partial charge on any atom is 0.343 e. The van der Waals surface area contributed by atoms with Crippen LogP contribution in [0.1, 0.15) is 34.6 Å². The van der Waals surface area contributed by atoms with Crippen molar-refractivity contribution in [3.63, 3.8) is 0 Å². The molecule has 0 unspecified atom stereocenters. The number of hydrogen-bond acceptors (Lipinski definition) is 6. The first-order valence-corrected chi connectivity index (χ1v) is 7.94. The Bertz CT molecular complexity index is 962. The van der Waals surface area contributed by atoms with Crippen LogP contribution in [0, 0.1) is 0 Å². The summed E-state index contributed by atoms with van der Waals surface area (Å²) >= 11 is 0. The summed E-state index contributed by atoms with van der Waals surface area (Å²) in [7, 11) is 1.24. The van der Waals surface area contributed by atoms with Crippen LogP contribution in [0.2, 0.25) is 0 Å². The second-order valence-corrected chi connectivity index (χ2v) is 6.10. The quantitative estimate of drug-likeness (QED) is 0.375. The summed E-state index contributed by atoms with van der Waals surface area (Å²) in [5, 5.41) is 6.12. The lowest BCUT2D eigenvalue weighted by molar-refractivity contribution is -0.0434. The van der Waals surface area contributed by atoms with Crippen LogP contribution in [0.25, 0.3) is 10.4 Å². The van der Waals surface area contributed by atoms with Crippen LogP contribution in [0.4, 0.5) is 11.4 Å². The first-order valence-electron chi connectivity index (χ1n) is 7.94. The molecule has 1 N–H and O–H groups in total. The van der Waals surface area contributed by atoms with Crippen molar-refractivity contribution >= 4 is 23.3 Å². The van der Waals surface area contributed by atoms with Gasteiger partial charge in [-0.05, 0) is 29.8 Å². The van der Waals surface area contributed by atoms with Crippen molar-refractivity contribution in [3.8, 4) is 11.5 Å². The Morgan fingerprint density at radius 1 is 1.15 bits per heavy atom. The summed E-state index contributed by atoms with van der Waals surface area (Å²) < 4.78 is 16.2. The van der Waals surface area contributed by atoms with Gasteiger partial charge in [-0.25, -0.2) is 4.79 Å². The van der Waals surface area contributed by atoms with Crippen LogP contribution >= 0.6 is 0 Å². The van der Waals surface area contributed by atoms with Gasteiger partial charge < -0.3 is 19.5 Å². The maximum absolute atomic E-state index is 12.5. The van der Waals surface area contributed by atoms with Gasteiger partial charge in [0.1, 0.15) is 5.56 Å². The Labute approximate surface area is 154 Å². The van der Waals surface area contributed by atoms with Crippen molar-refractivity contribution in [2.24, 2.45) is 5.11 Å². The number of benzene rings is 2. The molecule has 0 bridgehead atoms. The number of azide groups is 1. The molecule has 1 aliphatic rings. The Morgan fingerprint density at radius 3 is 2.48 bits per heavy atom. The fourth-order valence-corrected chi connectivity index (χ4v) is 2.61. The lowest BCUT2D eigenvalue weighted by Gasteiger charge is -2.17. The van der Waals surface area contributed by atoms with E-state index in [4.69, 9.17) is 19.7 Å². The van der Waals surface area contributed by atoms with Crippen molar-refractivity contribution in [2.45, 2.75) is 19.6 Å². The number of carbonyl (C=O) groups is 2. The molecule has 9 heteroatoms. The highest BCUT2D eigenvalue weighted by Crippen LogP contribution is 2.45. The monoisotopic (exact) mass is 368 g/mol. The summed E-state index contributed by atoms with van der Waals surface area (Å²) in [5.74, 6) is -1.46. The highest BCUT2D eigenvalue weighted by atomic mass is 16.7. The molecule has 0 aromatic heterocycles. The Kier molecular flexibility index (Phi) is 4.62. The first kappa shape index (κ1) is 18.1. The van der Waals surface area contributed by atoms with E-state index in [2.05, 4.69) is 15.3 Å². The standard InChI is InChI=1S/C18H16N4O5/c1-18(2)26-13-9-8-12(14(15(13)27-18)17(24)25-3)20-16(23)10-4-6-11(7-5-10)21-22-19/h4-9H,1-3H3,(H,20,23). The number of nitrogens with zero attached hydrogens (tertiary/aromatic N) is 3. The average molecular weight is 368 g/mol. The summed E-state index contributed by atoms with van der Waals surface area (Å²) in [6, 6.07) is 9.19. The number of fused-ring (bicyclic) bond motifs is 1. The predicted molar refractivity (Wildman–Crippen MR) is 96.3 cm³/mol. The van der Waals surface area contributed by atoms with Crippen molar-refractivity contribution in [1.29, 1.82) is 0 Å². The third kappa shape index (κ3) is 3.63. The van der Waals surface area contributed by atoms with Crippen molar-refractivity contribution in [3.05, 3.63) is 58.0 Å². The van der Waals surface area contributed by atoms with Crippen LogP contribution < -0.4 is 14.8 Å². The Hall–Kier alpha value is -3.71. The molecule has 27 heavy (non-hydrogen) atoms. The number of hydrogen-bond donors (Lipinski definition) is 1. The summed E-state index contributed by atoms with van der Waals surface area (Å²) in [6.45, 7) is 3.41. The zero-order valence-corrected chi connectivity index (χ0v) is 14.8. The SMILES string of the molecule is COC(=O)c1c(NC(=O)c2ccc(N=[N+]=[N-])cc2)ccc2c1OC(C)(C)O2. The average Bonchev–Trinajstić information content (AvgIpc) is 2.95. The van der Waals surface area contributed by atoms with E-state index in [0.29, 0.717) is 17.0 Å². The van der Waals surface area contributed by atoms with Gasteiger partial charge in [-0.2, -0.15) is 0 Å². The molecule has 1 aliphatic heterocycles. The third-order valence-electron chi connectivity index (χ3n) is 3.75. The van der Waals surface area contributed by atoms with Crippen LogP contribution in [0.15, 0.2) is 41.5 Å². The van der Waals surface area contributed by atoms with Gasteiger partial charge in [-0.1, -0.05) is 17.2 Å². The van der Waals surface area contributed by atoms with E-state index in [1.165, 1.54) is 31.4 Å². The number of nitrogens with one attached hydrogen (secondary N) is 1. The molecule has 0 aliphatic carbocycles. The third-order valence-corrected chi connectivity index (χ3v) is 3.75. The van der Waals surface area contributed by atoms with E-state index < -0.39 is 17.7 Å². The molecule has 0 saturated carbocycles. The molecule has 1 amide bonds. The lowest BCUT2D eigenvalue weighted by Crippen LogP contribution is -2.30. The Morgan fingerprint density at radius 2 is 1.85 bits per heavy atom. The van der Waals surface area contributed by atoms with Gasteiger partial charge in [-0.3, -0.25) is 4.79 Å². The van der Waals surface area contributed by atoms with Crippen molar-refractivity contribution in [2.75, 3.05) is 12.4 Å². The molecular weight excluding hydrogens is 352 g/mol. The molecule has 2 aromatic rings. The van der Waals surface area contributed by atoms with E-state index in [1.807, 2.05) is 0 Å². The summed E-state index contributed by atoms with van der Waals surface area (Å²) in [6.07, 6.45) is 0. The van der Waals surface area contributed by atoms with Gasteiger partial charge >= 0.3 is 5.97 Å². The van der Waals surface area contributed by atoms with Gasteiger partial charge in [-0.15, -0.1) is 0 Å². The maximum atomic E-state index is 12.5. The van der Waals surface area contributed by atoms with E-state index in [9.17, 15) is 9.59 Å². The number of esters is 1. The molecular formula is C18H16N4O5. The number of ether oxygens (including phenoxy) is 3. The van der Waals surface area contributed by atoms with Crippen molar-refractivity contribution < 1.29 is 23.8 Å². The fraction of sp³-hybridized carbons (Fsp3) is 0.222. The van der Waals surface area contributed by atoms with Crippen LogP contribution in [-0.4, -0.2) is 24.8 Å². The zero-order chi connectivity index (χ0) is 19.6. The minimum atomic E-state index is -0.940. The molecule has 2 aromatic carbocycles. The summed E-state index contributed by atoms with van der Waals surface area (Å²) in [5.41, 5.74) is 9.43. The molecule has 0 spiro atoms. The molecule has 1 heterocycles. The van der Waals surface area contributed by atoms with Crippen LogP contribution in [0.5, 0.6) is 11.5 Å². The topological polar surface area (TPSA) is 123 Å². The normalized spacial score (nSPS) is 13.4. The summed E-state index contributed by atoms with van der Waals surface area (Å²) in [4.78, 5) is 27.5. The molecule has 0 atom stereocenters. The minimum absolute atomic E-state index is 0.0691. The number of anilines is 1. The molecule has 0 radical (unpaired) electrons. The van der Waals surface area contributed by atoms with E-state index in [0.717, 1.165) is 0 Å². The number of amides is 1. The highest BCUT2D eigenvalue weighted by molar-refractivity contribution is 6.09. The van der Waals surface area contributed by atoms with Gasteiger partial charge in [0.2, 0.25) is 5.79 Å². The van der Waals surface area contributed by atoms with Gasteiger partial charge in [0.25, 0.3) is 5.91 Å². The van der Waals surface area contributed by atoms with Gasteiger partial charge in [0.15, 0.2) is 11.5 Å². The molecule has 9 nitrogen and oxygen atoms in total. The predicted octanol–water partition coefficient (Wildman–Crippen LogP) is 4.17. The largest absolute Gasteiger partial charge is 0.465 e. The fourth-order valence-electron chi connectivity index (χ4n) is 2.61. The number of rotatable bonds is 4. The number of carbonyl (C=O) groups excluding carboxylic acids is 2. The second-order valence-electron chi connectivity index (χ2n) is 6.10. The zero-order valence-electron chi connectivity index (χ0n) is 14.8. The molecule has 138 valence electrons. The minimum Gasteiger partial charge on any atom is -0.465 e. The smallest absolute Gasteiger partial charge is 0.343 e. The lowest BCUT2D eigenvalue weighted by atomic mass is 10.1. The van der Waals surface area contributed by atoms with E-state index in [-0.39, 0.29) is 17.0 Å². The van der Waals surface area contributed by atoms with E-state index in [1.54, 1.807) is 26.0 Å². The molecule has 0 fully saturated rings. The molecule has 0 saturated heterocycles. The van der Waals surface area contributed by atoms with Crippen LogP contribution in [0.3, 0.4) is 0 Å². The van der Waals surface area contributed by atoms with E-state index >= 15 is 0 Å². The highest BCUT2D eigenvalue weighted by Gasteiger charge is 2.37. The molecule has 3 rings (SSSR count). The Balaban J connectivity index is 1.94. The van der Waals surface area contributed by atoms with Gasteiger partial charge in [0.05, 0.1) is 12.8 Å². The second kappa shape index (κ2) is 6.89. The number of methoxy groups -OCH3 is 1. The van der Waals surface area contributed by atoms with Crippen molar-refractivity contribution in [1.82, 2.24) is 0 Å². The van der Waals surface area contributed by atoms with Gasteiger partial charge in [0, 0.05) is 30.0 Å². The first-order chi connectivity index (χ1) is 12.8. The van der Waals surface area contributed by atoms with Crippen LogP contribution in [-0.2, 0) is 4.74 Å².